The summed E-state index contributed by atoms with van der Waals surface area (Å²) in [5.74, 6) is 0. The van der Waals surface area contributed by atoms with Gasteiger partial charge in [0.2, 0.25) is 0 Å². The van der Waals surface area contributed by atoms with Crippen molar-refractivity contribution in [3.63, 3.8) is 0 Å². The fourth-order valence-corrected chi connectivity index (χ4v) is 3.05. The lowest BCUT2D eigenvalue weighted by atomic mass is 9.87. The molecule has 1 aromatic rings. The van der Waals surface area contributed by atoms with E-state index in [-0.39, 0.29) is 10.7 Å². The number of aromatic nitrogens is 1. The summed E-state index contributed by atoms with van der Waals surface area (Å²) >= 11 is 0. The molecule has 0 spiro atoms. The van der Waals surface area contributed by atoms with E-state index in [9.17, 15) is 13.2 Å². The van der Waals surface area contributed by atoms with E-state index in [0.717, 1.165) is 0 Å². The van der Waals surface area contributed by atoms with Gasteiger partial charge in [-0.3, -0.25) is 0 Å². The molecule has 1 heterocycles. The Morgan fingerprint density at radius 2 is 1.77 bits per heavy atom. The van der Waals surface area contributed by atoms with E-state index in [1.807, 2.05) is 0 Å². The van der Waals surface area contributed by atoms with Crippen LogP contribution in [0.3, 0.4) is 0 Å². The number of nitrogens with zero attached hydrogens (tertiary/aromatic N) is 1. The van der Waals surface area contributed by atoms with Gasteiger partial charge in [-0.2, -0.15) is 8.42 Å². The highest BCUT2D eigenvalue weighted by Crippen LogP contribution is 2.33. The van der Waals surface area contributed by atoms with E-state index in [1.54, 1.807) is 41.5 Å². The Balaban J connectivity index is 3.26. The summed E-state index contributed by atoms with van der Waals surface area (Å²) in [6.45, 7) is 10.5. The molecule has 0 aliphatic heterocycles. The molecule has 0 aromatic carbocycles. The molecule has 22 heavy (non-hydrogen) atoms. The van der Waals surface area contributed by atoms with Gasteiger partial charge in [-0.15, -0.1) is 0 Å². The molecule has 1 rings (SSSR count). The minimum absolute atomic E-state index is 0.279. The number of nitrogen functional groups attached to an aromatic ring is 1. The molecule has 124 valence electrons. The summed E-state index contributed by atoms with van der Waals surface area (Å²) in [5.41, 5.74) is 5.27. The first-order chi connectivity index (χ1) is 9.74. The van der Waals surface area contributed by atoms with E-state index in [1.165, 1.54) is 12.3 Å². The standard InChI is InChI=1S/C14H23N3O4S/c1-13(2,3)10-9(15)7-8-16-11(10)22(19,20)21-12(18)17-14(4,5)6/h7-8H,1-6H3,(H2,15,16)(H,17,18). The predicted molar refractivity (Wildman–Crippen MR) is 83.9 cm³/mol. The zero-order chi connectivity index (χ0) is 17.3. The minimum Gasteiger partial charge on any atom is -0.398 e. The molecule has 0 aliphatic carbocycles. The number of pyridine rings is 1. The third kappa shape index (κ3) is 4.59. The normalized spacial score (nSPS) is 12.8. The Labute approximate surface area is 131 Å². The van der Waals surface area contributed by atoms with E-state index in [0.29, 0.717) is 5.56 Å². The molecule has 0 aliphatic rings. The molecule has 0 unspecified atom stereocenters. The van der Waals surface area contributed by atoms with E-state index in [4.69, 9.17) is 5.73 Å². The van der Waals surface area contributed by atoms with Crippen LogP contribution in [0.15, 0.2) is 17.3 Å². The maximum Gasteiger partial charge on any atom is 0.423 e. The number of nitrogens with two attached hydrogens (primary N) is 1. The van der Waals surface area contributed by atoms with Crippen LogP contribution in [0, 0.1) is 0 Å². The van der Waals surface area contributed by atoms with Crippen molar-refractivity contribution < 1.29 is 17.4 Å². The third-order valence-corrected chi connectivity index (χ3v) is 3.75. The van der Waals surface area contributed by atoms with Crippen molar-refractivity contribution in [3.05, 3.63) is 17.8 Å². The molecular weight excluding hydrogens is 306 g/mol. The Kier molecular flexibility index (Phi) is 4.76. The van der Waals surface area contributed by atoms with Gasteiger partial charge in [0.15, 0.2) is 5.03 Å². The smallest absolute Gasteiger partial charge is 0.398 e. The first-order valence-electron chi connectivity index (χ1n) is 6.75. The summed E-state index contributed by atoms with van der Waals surface area (Å²) in [5, 5.41) is 2.08. The Morgan fingerprint density at radius 3 is 2.23 bits per heavy atom. The largest absolute Gasteiger partial charge is 0.423 e. The molecule has 0 bridgehead atoms. The van der Waals surface area contributed by atoms with E-state index >= 15 is 0 Å². The van der Waals surface area contributed by atoms with Crippen molar-refractivity contribution in [2.24, 2.45) is 0 Å². The SMILES string of the molecule is CC(C)(C)NC(=O)OS(=O)(=O)c1nccc(N)c1C(C)(C)C. The predicted octanol–water partition coefficient (Wildman–Crippen LogP) is 2.17. The molecule has 0 fully saturated rings. The molecular formula is C14H23N3O4S. The Hall–Kier alpha value is -1.83. The van der Waals surface area contributed by atoms with Gasteiger partial charge in [0.05, 0.1) is 0 Å². The average molecular weight is 329 g/mol. The molecule has 0 saturated carbocycles. The van der Waals surface area contributed by atoms with E-state index in [2.05, 4.69) is 14.5 Å². The van der Waals surface area contributed by atoms with Crippen molar-refractivity contribution in [2.75, 3.05) is 5.73 Å². The van der Waals surface area contributed by atoms with Crippen molar-refractivity contribution in [1.82, 2.24) is 10.3 Å². The van der Waals surface area contributed by atoms with Crippen molar-refractivity contribution in [2.45, 2.75) is 57.5 Å². The maximum atomic E-state index is 12.3. The first kappa shape index (κ1) is 18.2. The number of anilines is 1. The number of hydrogen-bond donors (Lipinski definition) is 2. The second kappa shape index (κ2) is 5.75. The average Bonchev–Trinajstić information content (AvgIpc) is 2.22. The Morgan fingerprint density at radius 1 is 1.23 bits per heavy atom. The fraction of sp³-hybridized carbons (Fsp3) is 0.571. The van der Waals surface area contributed by atoms with E-state index < -0.39 is 27.2 Å². The molecule has 3 N–H and O–H groups in total. The van der Waals surface area contributed by atoms with Gasteiger partial charge in [0, 0.05) is 23.0 Å². The summed E-state index contributed by atoms with van der Waals surface area (Å²) < 4.78 is 29.3. The Bertz CT molecular complexity index is 670. The number of hydrogen-bond acceptors (Lipinski definition) is 6. The van der Waals surface area contributed by atoms with Crippen LogP contribution in [0.2, 0.25) is 0 Å². The van der Waals surface area contributed by atoms with Crippen LogP contribution in [0.5, 0.6) is 0 Å². The lowest BCUT2D eigenvalue weighted by Crippen LogP contribution is -2.41. The highest BCUT2D eigenvalue weighted by molar-refractivity contribution is 7.87. The number of amides is 1. The zero-order valence-corrected chi connectivity index (χ0v) is 14.5. The third-order valence-electron chi connectivity index (χ3n) is 2.60. The van der Waals surface area contributed by atoms with Gasteiger partial charge in [-0.25, -0.2) is 9.78 Å². The van der Waals surface area contributed by atoms with Crippen LogP contribution in [0.4, 0.5) is 10.5 Å². The van der Waals surface area contributed by atoms with Crippen molar-refractivity contribution in [3.8, 4) is 0 Å². The summed E-state index contributed by atoms with van der Waals surface area (Å²) in [4.78, 5) is 15.6. The minimum atomic E-state index is -4.37. The number of carbonyl (C=O) groups is 1. The summed E-state index contributed by atoms with van der Waals surface area (Å²) in [6, 6.07) is 1.51. The van der Waals surface area contributed by atoms with Gasteiger partial charge in [0.1, 0.15) is 0 Å². The van der Waals surface area contributed by atoms with Crippen molar-refractivity contribution >= 4 is 21.9 Å². The highest BCUT2D eigenvalue weighted by atomic mass is 32.2. The molecule has 0 radical (unpaired) electrons. The van der Waals surface area contributed by atoms with Gasteiger partial charge in [-0.05, 0) is 32.3 Å². The fourth-order valence-electron chi connectivity index (χ4n) is 1.87. The summed E-state index contributed by atoms with van der Waals surface area (Å²) in [6.07, 6.45) is 0.208. The van der Waals surface area contributed by atoms with Crippen LogP contribution >= 0.6 is 0 Å². The van der Waals surface area contributed by atoms with Crippen LogP contribution in [-0.2, 0) is 19.7 Å². The molecule has 1 amide bonds. The summed E-state index contributed by atoms with van der Waals surface area (Å²) in [7, 11) is -4.37. The second-order valence-corrected chi connectivity index (χ2v) is 8.49. The quantitative estimate of drug-likeness (QED) is 0.804. The molecule has 7 nitrogen and oxygen atoms in total. The van der Waals surface area contributed by atoms with Crippen LogP contribution in [0.25, 0.3) is 0 Å². The lowest BCUT2D eigenvalue weighted by molar-refractivity contribution is 0.192. The van der Waals surface area contributed by atoms with Gasteiger partial charge in [-0.1, -0.05) is 20.8 Å². The van der Waals surface area contributed by atoms with Crippen molar-refractivity contribution in [1.29, 1.82) is 0 Å². The van der Waals surface area contributed by atoms with Crippen LogP contribution in [-0.4, -0.2) is 25.0 Å². The maximum absolute atomic E-state index is 12.3. The lowest BCUT2D eigenvalue weighted by Gasteiger charge is -2.24. The first-order valence-corrected chi connectivity index (χ1v) is 8.16. The number of carbonyl (C=O) groups excluding carboxylic acids is 1. The highest BCUT2D eigenvalue weighted by Gasteiger charge is 2.32. The topological polar surface area (TPSA) is 111 Å². The zero-order valence-electron chi connectivity index (χ0n) is 13.7. The molecule has 1 aromatic heterocycles. The monoisotopic (exact) mass is 329 g/mol. The molecule has 0 saturated heterocycles. The van der Waals surface area contributed by atoms with Gasteiger partial charge >= 0.3 is 16.2 Å². The van der Waals surface area contributed by atoms with Gasteiger partial charge in [0.25, 0.3) is 0 Å². The van der Waals surface area contributed by atoms with Gasteiger partial charge < -0.3 is 15.2 Å². The number of rotatable bonds is 2. The second-order valence-electron chi connectivity index (χ2n) is 7.03. The molecule has 8 heteroatoms. The van der Waals surface area contributed by atoms with Crippen LogP contribution in [0.1, 0.15) is 47.1 Å². The number of nitrogens with one attached hydrogen (secondary N) is 1. The molecule has 0 atom stereocenters. The van der Waals surface area contributed by atoms with Crippen LogP contribution < -0.4 is 11.1 Å².